The third kappa shape index (κ3) is 8.47. The standard InChI is InChI=1S/C37H35NO11/c1-37(2,3)24-14-16-25(17-15-24)46-26-11-6-8-22(18-26)21-38(29-13-7-10-23-9-4-5-12-27(23)29)33(39)28-19-31(48-35(42)43)32(49-36(44)45)20-30(28)47-34(40)41/h4-6,8-9,11-12,14-20,29H,7,10,13,21H2,1-3H3,(H,40,41)(H,42,43)(H,44,45)/t29-/m0/s1. The minimum atomic E-state index is -1.83. The molecule has 49 heavy (non-hydrogen) atoms. The van der Waals surface area contributed by atoms with Crippen molar-refractivity contribution in [2.75, 3.05) is 0 Å². The van der Waals surface area contributed by atoms with Gasteiger partial charge in [0.05, 0.1) is 11.6 Å². The maximum absolute atomic E-state index is 14.6. The van der Waals surface area contributed by atoms with Crippen molar-refractivity contribution in [3.63, 3.8) is 0 Å². The van der Waals surface area contributed by atoms with Gasteiger partial charge >= 0.3 is 18.5 Å². The molecule has 0 saturated carbocycles. The second kappa shape index (κ2) is 14.4. The van der Waals surface area contributed by atoms with Crippen LogP contribution in [0.3, 0.4) is 0 Å². The highest BCUT2D eigenvalue weighted by Gasteiger charge is 2.33. The van der Waals surface area contributed by atoms with Crippen LogP contribution in [0.1, 0.15) is 72.3 Å². The van der Waals surface area contributed by atoms with Gasteiger partial charge < -0.3 is 39.2 Å². The molecule has 1 aliphatic rings. The average Bonchev–Trinajstić information content (AvgIpc) is 3.03. The lowest BCUT2D eigenvalue weighted by Crippen LogP contribution is -2.36. The summed E-state index contributed by atoms with van der Waals surface area (Å²) in [6.07, 6.45) is -3.30. The van der Waals surface area contributed by atoms with E-state index in [1.807, 2.05) is 54.6 Å². The average molecular weight is 670 g/mol. The van der Waals surface area contributed by atoms with E-state index >= 15 is 0 Å². The number of benzene rings is 4. The summed E-state index contributed by atoms with van der Waals surface area (Å²) in [4.78, 5) is 50.6. The van der Waals surface area contributed by atoms with Crippen LogP contribution in [-0.2, 0) is 18.4 Å². The number of nitrogens with zero attached hydrogens (tertiary/aromatic N) is 1. The third-order valence-corrected chi connectivity index (χ3v) is 8.05. The summed E-state index contributed by atoms with van der Waals surface area (Å²) in [5, 5.41) is 28.0. The van der Waals surface area contributed by atoms with E-state index in [1.54, 1.807) is 23.1 Å². The van der Waals surface area contributed by atoms with Crippen LogP contribution >= 0.6 is 0 Å². The Morgan fingerprint density at radius 3 is 2.02 bits per heavy atom. The first-order valence-electron chi connectivity index (χ1n) is 15.4. The number of rotatable bonds is 9. The number of fused-ring (bicyclic) bond motifs is 1. The summed E-state index contributed by atoms with van der Waals surface area (Å²) >= 11 is 0. The zero-order valence-electron chi connectivity index (χ0n) is 27.0. The summed E-state index contributed by atoms with van der Waals surface area (Å²) in [5.41, 5.74) is 3.39. The molecule has 1 amide bonds. The van der Waals surface area contributed by atoms with Gasteiger partial charge in [-0.15, -0.1) is 0 Å². The Balaban J connectivity index is 1.56. The Bertz CT molecular complexity index is 1880. The Labute approximate surface area is 282 Å². The lowest BCUT2D eigenvalue weighted by molar-refractivity contribution is 0.0633. The van der Waals surface area contributed by atoms with Gasteiger partial charge in [0.25, 0.3) is 5.91 Å². The van der Waals surface area contributed by atoms with Crippen molar-refractivity contribution in [1.29, 1.82) is 0 Å². The SMILES string of the molecule is CC(C)(C)c1ccc(Oc2cccc(CN(C(=O)c3cc(OC(=O)O)c(OC(=O)O)cc3OC(=O)O)[C@H]3CCCc4ccccc43)c2)cc1. The quantitative estimate of drug-likeness (QED) is 0.115. The molecule has 3 N–H and O–H groups in total. The highest BCUT2D eigenvalue weighted by atomic mass is 16.7. The zero-order valence-corrected chi connectivity index (χ0v) is 27.0. The molecule has 4 aromatic carbocycles. The number of carboxylic acid groups (broad SMARTS) is 3. The van der Waals surface area contributed by atoms with Crippen LogP contribution < -0.4 is 18.9 Å². The van der Waals surface area contributed by atoms with Gasteiger partial charge in [-0.2, -0.15) is 0 Å². The van der Waals surface area contributed by atoms with Gasteiger partial charge in [0.2, 0.25) is 0 Å². The van der Waals surface area contributed by atoms with Crippen LogP contribution in [-0.4, -0.2) is 44.6 Å². The maximum atomic E-state index is 14.6. The summed E-state index contributed by atoms with van der Waals surface area (Å²) in [5.74, 6) is -1.47. The number of amides is 1. The smallest absolute Gasteiger partial charge is 0.457 e. The number of ether oxygens (including phenoxy) is 4. The predicted molar refractivity (Wildman–Crippen MR) is 176 cm³/mol. The van der Waals surface area contributed by atoms with E-state index in [2.05, 4.69) is 25.5 Å². The molecule has 254 valence electrons. The first kappa shape index (κ1) is 34.3. The second-order valence-corrected chi connectivity index (χ2v) is 12.5. The minimum Gasteiger partial charge on any atom is -0.457 e. The molecule has 0 spiro atoms. The van der Waals surface area contributed by atoms with Crippen molar-refractivity contribution in [3.05, 3.63) is 113 Å². The van der Waals surface area contributed by atoms with Crippen LogP contribution in [0.5, 0.6) is 28.7 Å². The first-order chi connectivity index (χ1) is 23.3. The minimum absolute atomic E-state index is 0.0222. The molecule has 5 rings (SSSR count). The summed E-state index contributed by atoms with van der Waals surface area (Å²) < 4.78 is 20.4. The molecule has 12 heteroatoms. The van der Waals surface area contributed by atoms with Gasteiger partial charge in [0, 0.05) is 18.7 Å². The molecule has 0 heterocycles. The van der Waals surface area contributed by atoms with Gasteiger partial charge in [-0.25, -0.2) is 14.4 Å². The van der Waals surface area contributed by atoms with E-state index in [1.165, 1.54) is 0 Å². The predicted octanol–water partition coefficient (Wildman–Crippen LogP) is 8.67. The van der Waals surface area contributed by atoms with Crippen molar-refractivity contribution in [1.82, 2.24) is 4.90 Å². The number of carbonyl (C=O) groups is 4. The zero-order chi connectivity index (χ0) is 35.3. The van der Waals surface area contributed by atoms with E-state index in [0.29, 0.717) is 23.5 Å². The Morgan fingerprint density at radius 1 is 0.735 bits per heavy atom. The first-order valence-corrected chi connectivity index (χ1v) is 15.4. The van der Waals surface area contributed by atoms with Crippen molar-refractivity contribution < 1.29 is 53.4 Å². The Hall–Kier alpha value is -6.04. The fourth-order valence-electron chi connectivity index (χ4n) is 5.83. The molecular weight excluding hydrogens is 634 g/mol. The van der Waals surface area contributed by atoms with Crippen molar-refractivity contribution in [2.24, 2.45) is 0 Å². The summed E-state index contributed by atoms with van der Waals surface area (Å²) in [6.45, 7) is 6.41. The largest absolute Gasteiger partial charge is 0.511 e. The highest BCUT2D eigenvalue weighted by molar-refractivity contribution is 5.99. The van der Waals surface area contributed by atoms with Gasteiger partial charge in [-0.05, 0) is 71.2 Å². The van der Waals surface area contributed by atoms with Crippen LogP contribution in [0.2, 0.25) is 0 Å². The van der Waals surface area contributed by atoms with Gasteiger partial charge in [-0.3, -0.25) is 4.79 Å². The van der Waals surface area contributed by atoms with E-state index in [0.717, 1.165) is 41.7 Å². The third-order valence-electron chi connectivity index (χ3n) is 8.05. The van der Waals surface area contributed by atoms with Crippen LogP contribution in [0, 0.1) is 0 Å². The van der Waals surface area contributed by atoms with E-state index in [-0.39, 0.29) is 17.5 Å². The van der Waals surface area contributed by atoms with Crippen molar-refractivity contribution in [3.8, 4) is 28.7 Å². The fourth-order valence-corrected chi connectivity index (χ4v) is 5.83. The molecule has 0 aromatic heterocycles. The second-order valence-electron chi connectivity index (χ2n) is 12.5. The van der Waals surface area contributed by atoms with Gasteiger partial charge in [0.1, 0.15) is 11.5 Å². The van der Waals surface area contributed by atoms with Gasteiger partial charge in [-0.1, -0.05) is 69.3 Å². The highest BCUT2D eigenvalue weighted by Crippen LogP contribution is 2.41. The molecule has 4 aromatic rings. The topological polar surface area (TPSA) is 169 Å². The van der Waals surface area contributed by atoms with Gasteiger partial charge in [0.15, 0.2) is 17.2 Å². The molecule has 1 atom stereocenters. The van der Waals surface area contributed by atoms with Crippen LogP contribution in [0.15, 0.2) is 84.9 Å². The van der Waals surface area contributed by atoms with E-state index < -0.39 is 47.7 Å². The summed E-state index contributed by atoms with van der Waals surface area (Å²) in [7, 11) is 0. The normalized spacial score (nSPS) is 13.8. The number of carbonyl (C=O) groups excluding carboxylic acids is 1. The van der Waals surface area contributed by atoms with Crippen molar-refractivity contribution >= 4 is 24.4 Å². The Kier molecular flexibility index (Phi) is 10.1. The molecule has 0 bridgehead atoms. The molecule has 1 aliphatic carbocycles. The molecule has 0 radical (unpaired) electrons. The fraction of sp³-hybridized carbons (Fsp3) is 0.243. The van der Waals surface area contributed by atoms with Crippen molar-refractivity contribution in [2.45, 2.75) is 58.0 Å². The van der Waals surface area contributed by atoms with E-state index in [9.17, 15) is 34.5 Å². The molecule has 0 aliphatic heterocycles. The van der Waals surface area contributed by atoms with E-state index in [4.69, 9.17) is 14.2 Å². The number of aryl methyl sites for hydroxylation is 1. The number of hydrogen-bond donors (Lipinski definition) is 3. The maximum Gasteiger partial charge on any atom is 0.511 e. The lowest BCUT2D eigenvalue weighted by Gasteiger charge is -2.36. The van der Waals surface area contributed by atoms with Crippen LogP contribution in [0.4, 0.5) is 14.4 Å². The monoisotopic (exact) mass is 669 g/mol. The molecular formula is C37H35NO11. The molecule has 0 fully saturated rings. The molecule has 0 unspecified atom stereocenters. The molecule has 0 saturated heterocycles. The molecule has 12 nitrogen and oxygen atoms in total. The Morgan fingerprint density at radius 2 is 1.37 bits per heavy atom. The van der Waals surface area contributed by atoms with Crippen LogP contribution in [0.25, 0.3) is 0 Å². The lowest BCUT2D eigenvalue weighted by atomic mass is 9.86. The number of hydrogen-bond acceptors (Lipinski definition) is 8. The summed E-state index contributed by atoms with van der Waals surface area (Å²) in [6, 6.07) is 23.9.